The van der Waals surface area contributed by atoms with Crippen molar-refractivity contribution in [2.24, 2.45) is 5.92 Å². The van der Waals surface area contributed by atoms with E-state index in [0.717, 1.165) is 23.5 Å². The Kier molecular flexibility index (Phi) is 8.27. The van der Waals surface area contributed by atoms with Crippen molar-refractivity contribution in [2.75, 3.05) is 18.5 Å². The molecule has 1 amide bonds. The lowest BCUT2D eigenvalue weighted by molar-refractivity contribution is -0.144. The van der Waals surface area contributed by atoms with E-state index in [-0.39, 0.29) is 25.1 Å². The number of hydrogen-bond donors (Lipinski definition) is 2. The average molecular weight is 514 g/mol. The monoisotopic (exact) mass is 513 g/mol. The Morgan fingerprint density at radius 1 is 1.11 bits per heavy atom. The van der Waals surface area contributed by atoms with Crippen LogP contribution in [0, 0.1) is 23.4 Å². The van der Waals surface area contributed by atoms with Gasteiger partial charge in [0.05, 0.1) is 18.9 Å². The zero-order valence-electron chi connectivity index (χ0n) is 19.9. The summed E-state index contributed by atoms with van der Waals surface area (Å²) in [6, 6.07) is 12.8. The normalized spacial score (nSPS) is 15.2. The van der Waals surface area contributed by atoms with Crippen LogP contribution >= 0.6 is 0 Å². The summed E-state index contributed by atoms with van der Waals surface area (Å²) in [5.41, 5.74) is 1.29. The Labute approximate surface area is 211 Å². The number of carbonyl (C=O) groups is 2. The predicted molar refractivity (Wildman–Crippen MR) is 129 cm³/mol. The zero-order chi connectivity index (χ0) is 26.4. The van der Waals surface area contributed by atoms with Gasteiger partial charge < -0.3 is 20.1 Å². The summed E-state index contributed by atoms with van der Waals surface area (Å²) in [5.74, 6) is -5.48. The SMILES string of the molecule is O=C(O)C[C@@H]1Cc2ccc(OCCCNc3ccccn3)cc2CN(Cc2ccc(F)c(F)c2F)C1=O. The highest BCUT2D eigenvalue weighted by Crippen LogP contribution is 2.30. The number of rotatable bonds is 10. The lowest BCUT2D eigenvalue weighted by atomic mass is 9.94. The number of halogens is 3. The predicted octanol–water partition coefficient (Wildman–Crippen LogP) is 4.56. The number of nitrogens with zero attached hydrogens (tertiary/aromatic N) is 2. The van der Waals surface area contributed by atoms with Crippen molar-refractivity contribution in [3.8, 4) is 5.75 Å². The molecule has 0 spiro atoms. The van der Waals surface area contributed by atoms with Gasteiger partial charge in [0.2, 0.25) is 5.91 Å². The second kappa shape index (κ2) is 11.8. The van der Waals surface area contributed by atoms with Gasteiger partial charge in [-0.3, -0.25) is 9.59 Å². The maximum Gasteiger partial charge on any atom is 0.304 e. The zero-order valence-corrected chi connectivity index (χ0v) is 19.9. The van der Waals surface area contributed by atoms with Crippen molar-refractivity contribution in [3.63, 3.8) is 0 Å². The number of ether oxygens (including phenoxy) is 1. The first kappa shape index (κ1) is 26.0. The summed E-state index contributed by atoms with van der Waals surface area (Å²) in [6.45, 7) is 0.784. The fourth-order valence-electron chi connectivity index (χ4n) is 4.28. The van der Waals surface area contributed by atoms with Crippen LogP contribution in [0.1, 0.15) is 29.5 Å². The Morgan fingerprint density at radius 3 is 2.70 bits per heavy atom. The van der Waals surface area contributed by atoms with E-state index in [9.17, 15) is 27.9 Å². The molecule has 0 saturated carbocycles. The van der Waals surface area contributed by atoms with E-state index in [2.05, 4.69) is 10.3 Å². The number of carbonyl (C=O) groups excluding carboxylic acids is 1. The second-order valence-corrected chi connectivity index (χ2v) is 8.80. The van der Waals surface area contributed by atoms with Gasteiger partial charge in [0.15, 0.2) is 17.5 Å². The van der Waals surface area contributed by atoms with Crippen LogP contribution in [0.4, 0.5) is 19.0 Å². The summed E-state index contributed by atoms with van der Waals surface area (Å²) < 4.78 is 47.4. The van der Waals surface area contributed by atoms with Crippen LogP contribution < -0.4 is 10.1 Å². The molecule has 7 nitrogen and oxygen atoms in total. The third-order valence-corrected chi connectivity index (χ3v) is 6.12. The Bertz CT molecular complexity index is 1270. The number of nitrogens with one attached hydrogen (secondary N) is 1. The highest BCUT2D eigenvalue weighted by Gasteiger charge is 2.32. The molecule has 1 atom stereocenters. The maximum atomic E-state index is 14.3. The van der Waals surface area contributed by atoms with Gasteiger partial charge in [0.1, 0.15) is 11.6 Å². The number of fused-ring (bicyclic) bond motifs is 1. The van der Waals surface area contributed by atoms with Gasteiger partial charge in [0, 0.05) is 31.4 Å². The lowest BCUT2D eigenvalue weighted by Crippen LogP contribution is -2.35. The first-order chi connectivity index (χ1) is 17.8. The molecule has 3 aromatic rings. The molecule has 37 heavy (non-hydrogen) atoms. The second-order valence-electron chi connectivity index (χ2n) is 8.80. The minimum Gasteiger partial charge on any atom is -0.494 e. The summed E-state index contributed by atoms with van der Waals surface area (Å²) in [6.07, 6.45) is 2.18. The maximum absolute atomic E-state index is 14.3. The standard InChI is InChI=1S/C27H26F3N3O4/c28-22-8-6-18(25(29)26(22)30)15-33-16-20-13-21(37-11-3-10-32-23-4-1-2-9-31-23)7-5-17(20)12-19(27(33)36)14-24(34)35/h1-2,4-9,13,19H,3,10-12,14-16H2,(H,31,32)(H,34,35)/t19-/m0/s1. The van der Waals surface area contributed by atoms with E-state index in [1.165, 1.54) is 4.90 Å². The quantitative estimate of drug-likeness (QED) is 0.305. The summed E-state index contributed by atoms with van der Waals surface area (Å²) in [7, 11) is 0. The van der Waals surface area contributed by atoms with Crippen LogP contribution in [0.2, 0.25) is 0 Å². The third-order valence-electron chi connectivity index (χ3n) is 6.12. The van der Waals surface area contributed by atoms with E-state index in [4.69, 9.17) is 4.74 Å². The number of hydrogen-bond acceptors (Lipinski definition) is 5. The Balaban J connectivity index is 1.47. The van der Waals surface area contributed by atoms with Gasteiger partial charge in [0.25, 0.3) is 0 Å². The van der Waals surface area contributed by atoms with E-state index >= 15 is 0 Å². The number of aromatic nitrogens is 1. The lowest BCUT2D eigenvalue weighted by Gasteiger charge is -2.24. The first-order valence-corrected chi connectivity index (χ1v) is 11.8. The molecule has 1 aliphatic heterocycles. The first-order valence-electron chi connectivity index (χ1n) is 11.8. The minimum absolute atomic E-state index is 0.0428. The van der Waals surface area contributed by atoms with Crippen LogP contribution in [0.25, 0.3) is 0 Å². The van der Waals surface area contributed by atoms with Gasteiger partial charge in [-0.1, -0.05) is 18.2 Å². The molecule has 10 heteroatoms. The number of pyridine rings is 1. The van der Waals surface area contributed by atoms with E-state index < -0.39 is 41.7 Å². The molecule has 0 bridgehead atoms. The van der Waals surface area contributed by atoms with Gasteiger partial charge in [-0.05, 0) is 54.3 Å². The molecule has 0 fully saturated rings. The molecule has 1 aliphatic rings. The summed E-state index contributed by atoms with van der Waals surface area (Å²) >= 11 is 0. The van der Waals surface area contributed by atoms with E-state index in [1.54, 1.807) is 24.4 Å². The number of anilines is 1. The molecule has 0 aliphatic carbocycles. The molecule has 0 saturated heterocycles. The molecule has 194 valence electrons. The van der Waals surface area contributed by atoms with Crippen molar-refractivity contribution < 1.29 is 32.6 Å². The van der Waals surface area contributed by atoms with Crippen molar-refractivity contribution in [3.05, 3.63) is 88.9 Å². The van der Waals surface area contributed by atoms with Crippen molar-refractivity contribution in [1.29, 1.82) is 0 Å². The van der Waals surface area contributed by atoms with Crippen LogP contribution in [-0.2, 0) is 29.1 Å². The molecule has 2 N–H and O–H groups in total. The van der Waals surface area contributed by atoms with Gasteiger partial charge in [-0.15, -0.1) is 0 Å². The van der Waals surface area contributed by atoms with Gasteiger partial charge >= 0.3 is 5.97 Å². The molecular formula is C27H26F3N3O4. The number of aliphatic carboxylic acids is 1. The van der Waals surface area contributed by atoms with Crippen LogP contribution in [0.3, 0.4) is 0 Å². The molecule has 4 rings (SSSR count). The number of amides is 1. The summed E-state index contributed by atoms with van der Waals surface area (Å²) in [5, 5.41) is 12.5. The van der Waals surface area contributed by atoms with Crippen LogP contribution in [0.5, 0.6) is 5.75 Å². The largest absolute Gasteiger partial charge is 0.494 e. The molecular weight excluding hydrogens is 487 g/mol. The Hall–Kier alpha value is -4.08. The molecule has 1 aromatic heterocycles. The van der Waals surface area contributed by atoms with E-state index in [0.29, 0.717) is 30.9 Å². The van der Waals surface area contributed by atoms with Gasteiger partial charge in [-0.25, -0.2) is 18.2 Å². The summed E-state index contributed by atoms with van der Waals surface area (Å²) in [4.78, 5) is 30.1. The topological polar surface area (TPSA) is 91.8 Å². The number of carboxylic acid groups (broad SMARTS) is 1. The van der Waals surface area contributed by atoms with E-state index in [1.807, 2.05) is 18.2 Å². The smallest absolute Gasteiger partial charge is 0.304 e. The van der Waals surface area contributed by atoms with Gasteiger partial charge in [-0.2, -0.15) is 0 Å². The average Bonchev–Trinajstić information content (AvgIpc) is 3.00. The third kappa shape index (κ3) is 6.58. The fraction of sp³-hybridized carbons (Fsp3) is 0.296. The highest BCUT2D eigenvalue weighted by atomic mass is 19.2. The minimum atomic E-state index is -1.62. The molecule has 2 heterocycles. The molecule has 2 aromatic carbocycles. The number of benzene rings is 2. The Morgan fingerprint density at radius 2 is 1.95 bits per heavy atom. The molecule has 0 radical (unpaired) electrons. The molecule has 0 unspecified atom stereocenters. The van der Waals surface area contributed by atoms with Crippen LogP contribution in [-0.4, -0.2) is 40.0 Å². The number of carboxylic acids is 1. The van der Waals surface area contributed by atoms with Crippen LogP contribution in [0.15, 0.2) is 54.7 Å². The van der Waals surface area contributed by atoms with Crippen molar-refractivity contribution in [1.82, 2.24) is 9.88 Å². The fourth-order valence-corrected chi connectivity index (χ4v) is 4.28. The highest BCUT2D eigenvalue weighted by molar-refractivity contribution is 5.84. The van der Waals surface area contributed by atoms with Crippen molar-refractivity contribution >= 4 is 17.7 Å². The van der Waals surface area contributed by atoms with Crippen molar-refractivity contribution in [2.45, 2.75) is 32.4 Å².